The van der Waals surface area contributed by atoms with Crippen LogP contribution in [0.3, 0.4) is 0 Å². The molecule has 0 aliphatic heterocycles. The van der Waals surface area contributed by atoms with Gasteiger partial charge in [0.2, 0.25) is 0 Å². The van der Waals surface area contributed by atoms with Crippen LogP contribution in [0.4, 0.5) is 0 Å². The molecule has 4 aromatic rings. The van der Waals surface area contributed by atoms with E-state index >= 15 is 0 Å². The molecular weight excluding hydrogens is 501 g/mol. The summed E-state index contributed by atoms with van der Waals surface area (Å²) in [6.07, 6.45) is 0.0105. The number of ether oxygens (including phenoxy) is 1. The Morgan fingerprint density at radius 2 is 1.21 bits per heavy atom. The molecule has 0 aliphatic rings. The molecular formula is C30H30NO6P. The molecule has 0 saturated carbocycles. The second-order valence-electron chi connectivity index (χ2n) is 8.73. The molecule has 1 atom stereocenters. The normalized spacial score (nSPS) is 12.1. The Balaban J connectivity index is 1.56. The van der Waals surface area contributed by atoms with E-state index in [0.717, 1.165) is 16.7 Å². The van der Waals surface area contributed by atoms with Crippen LogP contribution in [0.1, 0.15) is 22.3 Å². The van der Waals surface area contributed by atoms with E-state index in [1.807, 2.05) is 91.0 Å². The molecule has 3 N–H and O–H groups in total. The molecule has 38 heavy (non-hydrogen) atoms. The highest BCUT2D eigenvalue weighted by Gasteiger charge is 2.32. The van der Waals surface area contributed by atoms with Gasteiger partial charge in [-0.3, -0.25) is 9.36 Å². The van der Waals surface area contributed by atoms with Gasteiger partial charge in [-0.15, -0.1) is 0 Å². The van der Waals surface area contributed by atoms with Crippen LogP contribution in [0.5, 0.6) is 5.75 Å². The maximum absolute atomic E-state index is 14.3. The number of esters is 1. The third-order valence-corrected chi connectivity index (χ3v) is 7.76. The maximum atomic E-state index is 14.3. The van der Waals surface area contributed by atoms with Gasteiger partial charge < -0.3 is 24.6 Å². The van der Waals surface area contributed by atoms with Gasteiger partial charge in [0.1, 0.15) is 18.4 Å². The van der Waals surface area contributed by atoms with Crippen molar-refractivity contribution in [3.05, 3.63) is 131 Å². The van der Waals surface area contributed by atoms with E-state index in [1.54, 1.807) is 6.07 Å². The summed E-state index contributed by atoms with van der Waals surface area (Å²) >= 11 is 0. The molecule has 0 aliphatic carbocycles. The molecule has 0 fully saturated rings. The molecule has 0 heterocycles. The smallest absolute Gasteiger partial charge is 0.362 e. The van der Waals surface area contributed by atoms with Gasteiger partial charge in [-0.25, -0.2) is 0 Å². The van der Waals surface area contributed by atoms with E-state index in [9.17, 15) is 14.5 Å². The van der Waals surface area contributed by atoms with Crippen LogP contribution in [0.2, 0.25) is 0 Å². The quantitative estimate of drug-likeness (QED) is 0.190. The summed E-state index contributed by atoms with van der Waals surface area (Å²) in [5.41, 5.74) is 9.09. The first-order valence-corrected chi connectivity index (χ1v) is 13.7. The van der Waals surface area contributed by atoms with Crippen molar-refractivity contribution in [1.82, 2.24) is 0 Å². The van der Waals surface area contributed by atoms with Gasteiger partial charge in [0.05, 0.1) is 18.5 Å². The second-order valence-corrected chi connectivity index (χ2v) is 10.7. The molecule has 0 unspecified atom stereocenters. The molecule has 0 bridgehead atoms. The highest BCUT2D eigenvalue weighted by molar-refractivity contribution is 7.62. The molecule has 0 amide bonds. The number of carbonyl (C=O) groups is 1. The highest BCUT2D eigenvalue weighted by atomic mass is 31.2. The lowest BCUT2D eigenvalue weighted by Crippen LogP contribution is -2.35. The summed E-state index contributed by atoms with van der Waals surface area (Å²) in [5.74, 6) is -0.714. The van der Waals surface area contributed by atoms with Gasteiger partial charge in [0.25, 0.3) is 0 Å². The molecule has 0 radical (unpaired) electrons. The largest absolute Gasteiger partial charge is 0.508 e. The van der Waals surface area contributed by atoms with Crippen LogP contribution < -0.4 is 11.0 Å². The third kappa shape index (κ3) is 7.63. The first kappa shape index (κ1) is 27.3. The predicted octanol–water partition coefficient (Wildman–Crippen LogP) is 5.26. The lowest BCUT2D eigenvalue weighted by molar-refractivity contribution is -0.146. The molecule has 0 spiro atoms. The minimum absolute atomic E-state index is 0.0105. The zero-order chi connectivity index (χ0) is 26.8. The minimum atomic E-state index is -3.98. The van der Waals surface area contributed by atoms with Crippen molar-refractivity contribution in [2.24, 2.45) is 5.73 Å². The molecule has 196 valence electrons. The molecule has 4 aromatic carbocycles. The van der Waals surface area contributed by atoms with Crippen molar-refractivity contribution in [2.75, 3.05) is 0 Å². The fraction of sp³-hybridized carbons (Fsp3) is 0.167. The Hall–Kier alpha value is -3.74. The Labute approximate surface area is 222 Å². The maximum Gasteiger partial charge on any atom is 0.362 e. The van der Waals surface area contributed by atoms with Crippen LogP contribution in [0.15, 0.2) is 109 Å². The van der Waals surface area contributed by atoms with Gasteiger partial charge in [-0.1, -0.05) is 97.1 Å². The lowest BCUT2D eigenvalue weighted by Gasteiger charge is -2.23. The first-order chi connectivity index (χ1) is 18.4. The monoisotopic (exact) mass is 531 g/mol. The number of hydrogen-bond donors (Lipinski definition) is 2. The van der Waals surface area contributed by atoms with Gasteiger partial charge in [0, 0.05) is 0 Å². The van der Waals surface area contributed by atoms with Crippen molar-refractivity contribution >= 4 is 18.9 Å². The number of nitrogens with two attached hydrogens (primary N) is 1. The van der Waals surface area contributed by atoms with Crippen molar-refractivity contribution < 1.29 is 28.3 Å². The first-order valence-electron chi connectivity index (χ1n) is 12.2. The van der Waals surface area contributed by atoms with E-state index < -0.39 is 19.6 Å². The molecule has 4 rings (SSSR count). The van der Waals surface area contributed by atoms with E-state index in [-0.39, 0.29) is 37.3 Å². The number of benzene rings is 4. The Morgan fingerprint density at radius 3 is 1.71 bits per heavy atom. The SMILES string of the molecule is N[C@@H](Cc1ccc(O)cc1P(=O)(OCc1ccccc1)OCc1ccccc1)C(=O)OCc1ccccc1. The van der Waals surface area contributed by atoms with Crippen molar-refractivity contribution in [3.63, 3.8) is 0 Å². The second kappa shape index (κ2) is 13.2. The lowest BCUT2D eigenvalue weighted by atomic mass is 10.1. The van der Waals surface area contributed by atoms with E-state index in [1.165, 1.54) is 12.1 Å². The van der Waals surface area contributed by atoms with Crippen molar-refractivity contribution in [2.45, 2.75) is 32.3 Å². The Kier molecular flexibility index (Phi) is 9.46. The summed E-state index contributed by atoms with van der Waals surface area (Å²) < 4.78 is 31.5. The highest BCUT2D eigenvalue weighted by Crippen LogP contribution is 2.50. The van der Waals surface area contributed by atoms with E-state index in [0.29, 0.717) is 5.56 Å². The van der Waals surface area contributed by atoms with Crippen LogP contribution in [0, 0.1) is 0 Å². The summed E-state index contributed by atoms with van der Waals surface area (Å²) in [6, 6.07) is 31.2. The Morgan fingerprint density at radius 1 is 0.737 bits per heavy atom. The molecule has 8 heteroatoms. The third-order valence-electron chi connectivity index (χ3n) is 5.82. The van der Waals surface area contributed by atoms with Gasteiger partial charge in [-0.05, 0) is 40.8 Å². The fourth-order valence-electron chi connectivity index (χ4n) is 3.78. The summed E-state index contributed by atoms with van der Waals surface area (Å²) in [6.45, 7) is 0.134. The number of hydrogen-bond acceptors (Lipinski definition) is 7. The molecule has 0 saturated heterocycles. The van der Waals surface area contributed by atoms with Crippen LogP contribution in [-0.2, 0) is 49.4 Å². The van der Waals surface area contributed by atoms with Crippen molar-refractivity contribution in [1.29, 1.82) is 0 Å². The molecule has 7 nitrogen and oxygen atoms in total. The van der Waals surface area contributed by atoms with Gasteiger partial charge in [-0.2, -0.15) is 0 Å². The average molecular weight is 532 g/mol. The summed E-state index contributed by atoms with van der Waals surface area (Å²) in [4.78, 5) is 12.6. The van der Waals surface area contributed by atoms with Gasteiger partial charge in [0.15, 0.2) is 0 Å². The minimum Gasteiger partial charge on any atom is -0.508 e. The average Bonchev–Trinajstić information content (AvgIpc) is 2.96. The number of aromatic hydroxyl groups is 1. The van der Waals surface area contributed by atoms with Crippen molar-refractivity contribution in [3.8, 4) is 5.75 Å². The van der Waals surface area contributed by atoms with E-state index in [4.69, 9.17) is 19.5 Å². The number of carbonyl (C=O) groups excluding carboxylic acids is 1. The standard InChI is InChI=1S/C30H30NO6P/c31-28(30(33)35-20-23-10-4-1-5-11-23)18-26-16-17-27(32)19-29(26)38(34,36-21-24-12-6-2-7-13-24)37-22-25-14-8-3-9-15-25/h1-17,19,28,32H,18,20-22,31H2/t28-/m0/s1. The number of phenolic OH excluding ortho intramolecular Hbond substituents is 1. The topological polar surface area (TPSA) is 108 Å². The summed E-state index contributed by atoms with van der Waals surface area (Å²) in [7, 11) is -3.98. The van der Waals surface area contributed by atoms with Gasteiger partial charge >= 0.3 is 13.6 Å². The Bertz CT molecular complexity index is 1320. The van der Waals surface area contributed by atoms with Crippen LogP contribution in [0.25, 0.3) is 0 Å². The van der Waals surface area contributed by atoms with Crippen LogP contribution in [-0.4, -0.2) is 17.1 Å². The molecule has 0 aromatic heterocycles. The van der Waals surface area contributed by atoms with E-state index in [2.05, 4.69) is 0 Å². The summed E-state index contributed by atoms with van der Waals surface area (Å²) in [5, 5.41) is 10.4. The fourth-order valence-corrected chi connectivity index (χ4v) is 5.58. The number of rotatable bonds is 12. The zero-order valence-electron chi connectivity index (χ0n) is 20.8. The van der Waals surface area contributed by atoms with Crippen LogP contribution >= 0.6 is 7.60 Å². The predicted molar refractivity (Wildman–Crippen MR) is 146 cm³/mol. The zero-order valence-corrected chi connectivity index (χ0v) is 21.7. The number of phenols is 1.